The summed E-state index contributed by atoms with van der Waals surface area (Å²) in [6.45, 7) is 12.6. The van der Waals surface area contributed by atoms with Gasteiger partial charge in [-0.05, 0) is 0 Å². The van der Waals surface area contributed by atoms with Gasteiger partial charge in [-0.3, -0.25) is 0 Å². The van der Waals surface area contributed by atoms with Crippen LogP contribution in [-0.4, -0.2) is 24.3 Å². The maximum absolute atomic E-state index is 11.4. The number of benzene rings is 1. The van der Waals surface area contributed by atoms with Crippen LogP contribution in [0.3, 0.4) is 0 Å². The summed E-state index contributed by atoms with van der Waals surface area (Å²) in [4.78, 5) is 11.4. The predicted octanol–water partition coefficient (Wildman–Crippen LogP) is 5.82. The van der Waals surface area contributed by atoms with Crippen molar-refractivity contribution in [3.8, 4) is 0 Å². The van der Waals surface area contributed by atoms with Crippen molar-refractivity contribution in [2.45, 2.75) is 79.5 Å². The van der Waals surface area contributed by atoms with Gasteiger partial charge in [0.1, 0.15) is 0 Å². The molecule has 0 aliphatic carbocycles. The number of hydrogen-bond acceptors (Lipinski definition) is 1. The van der Waals surface area contributed by atoms with Crippen LogP contribution in [0.15, 0.2) is 18.2 Å². The Morgan fingerprint density at radius 3 is 1.92 bits per heavy atom. The van der Waals surface area contributed by atoms with Crippen LogP contribution in [-0.2, 0) is 4.79 Å². The molecular weight excluding hydrogens is 401 g/mol. The quantitative estimate of drug-likeness (QED) is 0.434. The fourth-order valence-corrected chi connectivity index (χ4v) is 21.0. The summed E-state index contributed by atoms with van der Waals surface area (Å²) in [5.41, 5.74) is 2.28. The fraction of sp³-hybridized carbons (Fsp3) is 0.619. The zero-order valence-corrected chi connectivity index (χ0v) is 19.1. The molecule has 0 bridgehead atoms. The van der Waals surface area contributed by atoms with E-state index in [1.54, 1.807) is 3.58 Å². The van der Waals surface area contributed by atoms with E-state index in [4.69, 9.17) is 0 Å². The van der Waals surface area contributed by atoms with Crippen molar-refractivity contribution in [2.75, 3.05) is 5.32 Å². The monoisotopic (exact) mass is 438 g/mol. The van der Waals surface area contributed by atoms with Crippen molar-refractivity contribution >= 4 is 33.6 Å². The Labute approximate surface area is 153 Å². The molecule has 1 aromatic carbocycles. The molecule has 0 unspecified atom stereocenters. The number of hydrogen-bond donors (Lipinski definition) is 1. The van der Waals surface area contributed by atoms with E-state index in [1.165, 1.54) is 57.4 Å². The summed E-state index contributed by atoms with van der Waals surface area (Å²) in [5.74, 6) is -0.216. The topological polar surface area (TPSA) is 29.1 Å². The molecule has 1 radical (unpaired) electrons. The summed E-state index contributed by atoms with van der Waals surface area (Å²) in [6.07, 6.45) is 7.92. The minimum absolute atomic E-state index is 0.216. The molecule has 0 saturated heterocycles. The van der Waals surface area contributed by atoms with Gasteiger partial charge in [0.05, 0.1) is 0 Å². The van der Waals surface area contributed by atoms with Crippen molar-refractivity contribution in [2.24, 2.45) is 0 Å². The second kappa shape index (κ2) is 11.2. The zero-order valence-electron chi connectivity index (χ0n) is 16.2. The number of unbranched alkanes of at least 4 members (excludes halogenated alkanes) is 3. The third kappa shape index (κ3) is 6.09. The molecule has 0 aromatic heterocycles. The van der Waals surface area contributed by atoms with Crippen molar-refractivity contribution < 1.29 is 4.79 Å². The van der Waals surface area contributed by atoms with Gasteiger partial charge in [0.2, 0.25) is 0 Å². The molecule has 1 amide bonds. The van der Waals surface area contributed by atoms with Gasteiger partial charge in [-0.2, -0.15) is 0 Å². The average Bonchev–Trinajstić information content (AvgIpc) is 2.56. The van der Waals surface area contributed by atoms with Crippen LogP contribution in [0.4, 0.5) is 5.69 Å². The predicted molar refractivity (Wildman–Crippen MR) is 110 cm³/mol. The van der Waals surface area contributed by atoms with Crippen LogP contribution >= 0.6 is 0 Å². The molecule has 0 spiro atoms. The van der Waals surface area contributed by atoms with Crippen molar-refractivity contribution in [3.63, 3.8) is 0 Å². The first-order valence-corrected chi connectivity index (χ1v) is 17.2. The Balaban J connectivity index is 3.30. The Morgan fingerprint density at radius 2 is 1.50 bits per heavy atom. The van der Waals surface area contributed by atoms with Gasteiger partial charge in [-0.25, -0.2) is 0 Å². The Hall–Kier alpha value is -0.511. The van der Waals surface area contributed by atoms with E-state index < -0.39 is 18.4 Å². The first-order chi connectivity index (χ1) is 11.5. The summed E-state index contributed by atoms with van der Waals surface area (Å²) in [6, 6.07) is 6.55. The molecule has 3 heteroatoms. The normalized spacial score (nSPS) is 11.5. The molecule has 1 N–H and O–H groups in total. The van der Waals surface area contributed by atoms with Crippen molar-refractivity contribution in [1.29, 1.82) is 0 Å². The second-order valence-corrected chi connectivity index (χ2v) is 20.2. The molecule has 0 aliphatic heterocycles. The maximum atomic E-state index is 11.4. The summed E-state index contributed by atoms with van der Waals surface area (Å²) in [5, 5.41) is 2.94. The van der Waals surface area contributed by atoms with Gasteiger partial charge in [0.15, 0.2) is 0 Å². The van der Waals surface area contributed by atoms with Gasteiger partial charge in [-0.1, -0.05) is 0 Å². The van der Waals surface area contributed by atoms with Crippen LogP contribution < -0.4 is 8.90 Å². The van der Waals surface area contributed by atoms with Crippen LogP contribution in [0.2, 0.25) is 13.3 Å². The van der Waals surface area contributed by atoms with Crippen molar-refractivity contribution in [3.05, 3.63) is 30.7 Å². The van der Waals surface area contributed by atoms with E-state index >= 15 is 0 Å². The fourth-order valence-electron chi connectivity index (χ4n) is 3.82. The van der Waals surface area contributed by atoms with E-state index in [1.807, 2.05) is 6.07 Å². The number of anilines is 1. The SMILES string of the molecule is [CH2]C(=O)Nc1ccc[c]([Sn]([CH2]CCC)([CH2]CCC)[CH2]CCC)c1C. The summed E-state index contributed by atoms with van der Waals surface area (Å²) in [7, 11) is 0. The van der Waals surface area contributed by atoms with E-state index in [9.17, 15) is 4.79 Å². The molecule has 1 rings (SSSR count). The number of rotatable bonds is 11. The molecule has 0 heterocycles. The molecule has 2 nitrogen and oxygen atoms in total. The van der Waals surface area contributed by atoms with E-state index in [0.29, 0.717) is 0 Å². The Morgan fingerprint density at radius 1 is 1.00 bits per heavy atom. The minimum atomic E-state index is -2.44. The Kier molecular flexibility index (Phi) is 10.0. The van der Waals surface area contributed by atoms with Gasteiger partial charge < -0.3 is 0 Å². The number of carbonyl (C=O) groups is 1. The molecule has 0 aliphatic rings. The molecule has 0 atom stereocenters. The van der Waals surface area contributed by atoms with Gasteiger partial charge in [-0.15, -0.1) is 0 Å². The summed E-state index contributed by atoms with van der Waals surface area (Å²) >= 11 is -2.44. The first-order valence-electron chi connectivity index (χ1n) is 9.73. The molecule has 1 aromatic rings. The molecular formula is C21H36NOSn. The third-order valence-corrected chi connectivity index (χ3v) is 21.2. The molecule has 24 heavy (non-hydrogen) atoms. The standard InChI is InChI=1S/C9H9NO.3C4H9.Sn/c1-7-5-3-4-6-9(7)10-8(2)11;3*1-3-4-2;/h3-4,6H,2H2,1H3,(H,10,11);3*1,3-4H2,2H3;. The summed E-state index contributed by atoms with van der Waals surface area (Å²) < 4.78 is 6.00. The van der Waals surface area contributed by atoms with Crippen molar-refractivity contribution in [1.82, 2.24) is 0 Å². The Bertz CT molecular complexity index is 491. The molecule has 135 valence electrons. The van der Waals surface area contributed by atoms with Gasteiger partial charge in [0.25, 0.3) is 0 Å². The van der Waals surface area contributed by atoms with Crippen LogP contribution in [0.5, 0.6) is 0 Å². The second-order valence-electron chi connectivity index (χ2n) is 7.12. The van der Waals surface area contributed by atoms with E-state index in [2.05, 4.69) is 52.1 Å². The third-order valence-electron chi connectivity index (χ3n) is 5.21. The first kappa shape index (κ1) is 21.5. The van der Waals surface area contributed by atoms with Gasteiger partial charge in [0, 0.05) is 0 Å². The zero-order chi connectivity index (χ0) is 18.0. The van der Waals surface area contributed by atoms with Crippen LogP contribution in [0.25, 0.3) is 0 Å². The molecule has 0 saturated carbocycles. The molecule has 0 fully saturated rings. The number of carbonyl (C=O) groups excluding carboxylic acids is 1. The number of amides is 1. The van der Waals surface area contributed by atoms with Crippen LogP contribution in [0, 0.1) is 13.8 Å². The average molecular weight is 437 g/mol. The van der Waals surface area contributed by atoms with Gasteiger partial charge >= 0.3 is 154 Å². The van der Waals surface area contributed by atoms with E-state index in [-0.39, 0.29) is 5.91 Å². The number of nitrogens with one attached hydrogen (secondary N) is 1. The van der Waals surface area contributed by atoms with E-state index in [0.717, 1.165) is 5.69 Å². The van der Waals surface area contributed by atoms with Crippen LogP contribution in [0.1, 0.15) is 64.9 Å².